The first-order valence-corrected chi connectivity index (χ1v) is 11.4. The van der Waals surface area contributed by atoms with Gasteiger partial charge in [-0.1, -0.05) is 36.4 Å². The van der Waals surface area contributed by atoms with Crippen LogP contribution >= 0.6 is 0 Å². The number of nitrogens with zero attached hydrogens (tertiary/aromatic N) is 6. The number of imidazole rings is 2. The van der Waals surface area contributed by atoms with Gasteiger partial charge in [0.25, 0.3) is 0 Å². The standard InChI is InChI=1S/C26H21FN8O/c27-18-9-10-19-21(12-18)35(22-8-4-5-11-28-22)26(34-19)20(14-36-13-17-6-2-1-3-7-17)33-25-23-24(30-15-29-23)31-16-32-25/h1-12,15-16,20H,13-14H2,(H2,29,30,31,32,33)/t20-/m0/s1. The minimum Gasteiger partial charge on any atom is -0.374 e. The molecule has 10 heteroatoms. The Kier molecular flexibility index (Phi) is 5.76. The van der Waals surface area contributed by atoms with Crippen molar-refractivity contribution < 1.29 is 9.13 Å². The molecular weight excluding hydrogens is 459 g/mol. The lowest BCUT2D eigenvalue weighted by Crippen LogP contribution is -2.22. The Morgan fingerprint density at radius 3 is 2.72 bits per heavy atom. The van der Waals surface area contributed by atoms with Gasteiger partial charge >= 0.3 is 0 Å². The van der Waals surface area contributed by atoms with Gasteiger partial charge in [-0.3, -0.25) is 4.57 Å². The average Bonchev–Trinajstić information content (AvgIpc) is 3.54. The van der Waals surface area contributed by atoms with Gasteiger partial charge in [0, 0.05) is 12.3 Å². The Hall–Kier alpha value is -4.70. The largest absolute Gasteiger partial charge is 0.374 e. The second kappa shape index (κ2) is 9.51. The molecule has 0 fully saturated rings. The van der Waals surface area contributed by atoms with Crippen LogP contribution in [0.4, 0.5) is 10.2 Å². The predicted octanol–water partition coefficient (Wildman–Crippen LogP) is 4.60. The van der Waals surface area contributed by atoms with Crippen LogP contribution in [0, 0.1) is 5.82 Å². The molecule has 0 bridgehead atoms. The molecule has 6 rings (SSSR count). The molecule has 1 atom stereocenters. The number of halogens is 1. The molecule has 4 aromatic heterocycles. The van der Waals surface area contributed by atoms with Crippen molar-refractivity contribution in [1.29, 1.82) is 0 Å². The summed E-state index contributed by atoms with van der Waals surface area (Å²) in [7, 11) is 0. The van der Waals surface area contributed by atoms with Crippen molar-refractivity contribution in [3.63, 3.8) is 0 Å². The second-order valence-corrected chi connectivity index (χ2v) is 8.15. The lowest BCUT2D eigenvalue weighted by atomic mass is 10.2. The summed E-state index contributed by atoms with van der Waals surface area (Å²) < 4.78 is 22.3. The first kappa shape index (κ1) is 21.8. The maximum Gasteiger partial charge on any atom is 0.182 e. The monoisotopic (exact) mass is 480 g/mol. The van der Waals surface area contributed by atoms with Gasteiger partial charge in [0.15, 0.2) is 11.5 Å². The van der Waals surface area contributed by atoms with Crippen molar-refractivity contribution in [2.75, 3.05) is 11.9 Å². The van der Waals surface area contributed by atoms with E-state index in [1.807, 2.05) is 53.1 Å². The summed E-state index contributed by atoms with van der Waals surface area (Å²) in [5, 5.41) is 3.44. The van der Waals surface area contributed by atoms with E-state index >= 15 is 0 Å². The van der Waals surface area contributed by atoms with Gasteiger partial charge in [0.2, 0.25) is 0 Å². The van der Waals surface area contributed by atoms with E-state index < -0.39 is 6.04 Å². The molecule has 0 saturated heterocycles. The van der Waals surface area contributed by atoms with E-state index in [0.29, 0.717) is 46.3 Å². The first-order chi connectivity index (χ1) is 17.8. The molecule has 0 aliphatic rings. The third-order valence-corrected chi connectivity index (χ3v) is 5.76. The molecule has 0 radical (unpaired) electrons. The van der Waals surface area contributed by atoms with Crippen LogP contribution in [-0.4, -0.2) is 41.1 Å². The van der Waals surface area contributed by atoms with Crippen LogP contribution in [0.15, 0.2) is 85.6 Å². The number of ether oxygens (including phenoxy) is 1. The third kappa shape index (κ3) is 4.25. The van der Waals surface area contributed by atoms with Crippen LogP contribution in [0.2, 0.25) is 0 Å². The van der Waals surface area contributed by atoms with Gasteiger partial charge in [-0.05, 0) is 29.8 Å². The fraction of sp³-hybridized carbons (Fsp3) is 0.115. The Bertz CT molecular complexity index is 1620. The number of aromatic nitrogens is 7. The van der Waals surface area contributed by atoms with Gasteiger partial charge in [-0.15, -0.1) is 0 Å². The Morgan fingerprint density at radius 2 is 1.86 bits per heavy atom. The highest BCUT2D eigenvalue weighted by Gasteiger charge is 2.24. The van der Waals surface area contributed by atoms with Gasteiger partial charge in [-0.2, -0.15) is 0 Å². The normalized spacial score (nSPS) is 12.2. The number of pyridine rings is 1. The molecule has 0 amide bonds. The summed E-state index contributed by atoms with van der Waals surface area (Å²) >= 11 is 0. The molecule has 6 aromatic rings. The molecule has 4 heterocycles. The molecule has 0 aliphatic heterocycles. The van der Waals surface area contributed by atoms with Crippen LogP contribution < -0.4 is 5.32 Å². The summed E-state index contributed by atoms with van der Waals surface area (Å²) in [6, 6.07) is 19.5. The Morgan fingerprint density at radius 1 is 0.972 bits per heavy atom. The molecule has 2 N–H and O–H groups in total. The summed E-state index contributed by atoms with van der Waals surface area (Å²) in [6.07, 6.45) is 4.71. The molecular formula is C26H21FN8O. The van der Waals surface area contributed by atoms with Crippen molar-refractivity contribution in [1.82, 2.24) is 34.5 Å². The van der Waals surface area contributed by atoms with Crippen LogP contribution in [0.5, 0.6) is 0 Å². The fourth-order valence-electron chi connectivity index (χ4n) is 4.12. The zero-order valence-corrected chi connectivity index (χ0v) is 19.0. The number of H-pyrrole nitrogens is 1. The number of anilines is 1. The van der Waals surface area contributed by atoms with Crippen LogP contribution in [0.3, 0.4) is 0 Å². The van der Waals surface area contributed by atoms with E-state index in [1.165, 1.54) is 18.5 Å². The highest BCUT2D eigenvalue weighted by atomic mass is 19.1. The van der Waals surface area contributed by atoms with Crippen LogP contribution in [-0.2, 0) is 11.3 Å². The van der Waals surface area contributed by atoms with Gasteiger partial charge in [-0.25, -0.2) is 29.3 Å². The quantitative estimate of drug-likeness (QED) is 0.328. The zero-order chi connectivity index (χ0) is 24.3. The van der Waals surface area contributed by atoms with E-state index in [4.69, 9.17) is 9.72 Å². The van der Waals surface area contributed by atoms with Gasteiger partial charge in [0.1, 0.15) is 35.3 Å². The predicted molar refractivity (Wildman–Crippen MR) is 133 cm³/mol. The topological polar surface area (TPSA) is 106 Å². The highest BCUT2D eigenvalue weighted by molar-refractivity contribution is 5.82. The van der Waals surface area contributed by atoms with Crippen molar-refractivity contribution in [2.45, 2.75) is 12.6 Å². The van der Waals surface area contributed by atoms with E-state index in [0.717, 1.165) is 5.56 Å². The third-order valence-electron chi connectivity index (χ3n) is 5.76. The summed E-state index contributed by atoms with van der Waals surface area (Å²) in [5.74, 6) is 1.42. The lowest BCUT2D eigenvalue weighted by Gasteiger charge is -2.20. The molecule has 2 aromatic carbocycles. The summed E-state index contributed by atoms with van der Waals surface area (Å²) in [4.78, 5) is 25.3. The number of rotatable bonds is 8. The lowest BCUT2D eigenvalue weighted by molar-refractivity contribution is 0.110. The fourth-order valence-corrected chi connectivity index (χ4v) is 4.12. The zero-order valence-electron chi connectivity index (χ0n) is 19.0. The van der Waals surface area contributed by atoms with Crippen molar-refractivity contribution in [3.05, 3.63) is 103 Å². The van der Waals surface area contributed by atoms with Crippen LogP contribution in [0.25, 0.3) is 28.0 Å². The maximum absolute atomic E-state index is 14.3. The Labute approximate surface area is 205 Å². The maximum atomic E-state index is 14.3. The molecule has 0 unspecified atom stereocenters. The van der Waals surface area contributed by atoms with Gasteiger partial charge in [0.05, 0.1) is 30.6 Å². The van der Waals surface area contributed by atoms with E-state index in [2.05, 4.69) is 30.2 Å². The SMILES string of the molecule is Fc1ccc2nc([C@H](COCc3ccccc3)Nc3ncnc4nc[nH]c34)n(-c3ccccn3)c2c1. The number of fused-ring (bicyclic) bond motifs is 2. The number of benzene rings is 2. The van der Waals surface area contributed by atoms with Crippen molar-refractivity contribution in [2.24, 2.45) is 0 Å². The molecule has 36 heavy (non-hydrogen) atoms. The second-order valence-electron chi connectivity index (χ2n) is 8.15. The number of hydrogen-bond acceptors (Lipinski definition) is 7. The number of nitrogens with one attached hydrogen (secondary N) is 2. The van der Waals surface area contributed by atoms with E-state index in [9.17, 15) is 4.39 Å². The highest BCUT2D eigenvalue weighted by Crippen LogP contribution is 2.29. The first-order valence-electron chi connectivity index (χ1n) is 11.4. The van der Waals surface area contributed by atoms with Crippen molar-refractivity contribution >= 4 is 28.0 Å². The minimum absolute atomic E-state index is 0.257. The summed E-state index contributed by atoms with van der Waals surface area (Å²) in [5.41, 5.74) is 3.50. The molecule has 0 saturated carbocycles. The molecule has 0 aliphatic carbocycles. The van der Waals surface area contributed by atoms with Crippen molar-refractivity contribution in [3.8, 4) is 5.82 Å². The number of hydrogen-bond donors (Lipinski definition) is 2. The average molecular weight is 481 g/mol. The van der Waals surface area contributed by atoms with E-state index in [-0.39, 0.29) is 12.4 Å². The minimum atomic E-state index is -0.465. The molecule has 0 spiro atoms. The smallest absolute Gasteiger partial charge is 0.182 e. The van der Waals surface area contributed by atoms with E-state index in [1.54, 1.807) is 18.6 Å². The summed E-state index contributed by atoms with van der Waals surface area (Å²) in [6.45, 7) is 0.674. The molecule has 9 nitrogen and oxygen atoms in total. The molecule has 178 valence electrons. The number of aromatic amines is 1. The van der Waals surface area contributed by atoms with Gasteiger partial charge < -0.3 is 15.0 Å². The van der Waals surface area contributed by atoms with Crippen LogP contribution in [0.1, 0.15) is 17.4 Å². The Balaban J connectivity index is 1.44.